The van der Waals surface area contributed by atoms with Crippen LogP contribution < -0.4 is 0 Å². The Morgan fingerprint density at radius 1 is 1.40 bits per heavy atom. The Kier molecular flexibility index (Phi) is 2.87. The summed E-state index contributed by atoms with van der Waals surface area (Å²) >= 11 is 0. The van der Waals surface area contributed by atoms with Crippen LogP contribution in [0.5, 0.6) is 0 Å². The molecule has 0 spiro atoms. The van der Waals surface area contributed by atoms with E-state index >= 15 is 0 Å². The van der Waals surface area contributed by atoms with Crippen LogP contribution >= 0.6 is 0 Å². The lowest BCUT2D eigenvalue weighted by molar-refractivity contribution is -0.325. The first-order valence-electron chi connectivity index (χ1n) is 6.95. The zero-order valence-electron chi connectivity index (χ0n) is 11.6. The van der Waals surface area contributed by atoms with Gasteiger partial charge in [0.25, 0.3) is 0 Å². The van der Waals surface area contributed by atoms with Crippen molar-refractivity contribution >= 4 is 5.97 Å². The number of carbonyl (C=O) groups excluding carboxylic acids is 1. The van der Waals surface area contributed by atoms with E-state index in [-0.39, 0.29) is 23.9 Å². The van der Waals surface area contributed by atoms with Gasteiger partial charge in [0.15, 0.2) is 0 Å². The average molecular weight is 280 g/mol. The summed E-state index contributed by atoms with van der Waals surface area (Å²) in [7, 11) is 0. The van der Waals surface area contributed by atoms with Crippen molar-refractivity contribution < 1.29 is 24.8 Å². The molecule has 20 heavy (non-hydrogen) atoms. The molecule has 3 aliphatic rings. The fourth-order valence-corrected chi connectivity index (χ4v) is 4.15. The van der Waals surface area contributed by atoms with Gasteiger partial charge in [0.05, 0.1) is 5.60 Å². The molecule has 0 radical (unpaired) electrons. The fourth-order valence-electron chi connectivity index (χ4n) is 4.15. The van der Waals surface area contributed by atoms with Gasteiger partial charge in [-0.1, -0.05) is 13.2 Å². The highest BCUT2D eigenvalue weighted by Gasteiger charge is 2.61. The second kappa shape index (κ2) is 4.16. The van der Waals surface area contributed by atoms with Gasteiger partial charge >= 0.3 is 5.97 Å². The second-order valence-corrected chi connectivity index (χ2v) is 6.51. The average Bonchev–Trinajstić information content (AvgIpc) is 2.74. The molecular weight excluding hydrogens is 260 g/mol. The van der Waals surface area contributed by atoms with Gasteiger partial charge in [-0.15, -0.1) is 0 Å². The van der Waals surface area contributed by atoms with Crippen LogP contribution in [-0.4, -0.2) is 33.6 Å². The molecule has 5 unspecified atom stereocenters. The van der Waals surface area contributed by atoms with Gasteiger partial charge < -0.3 is 9.84 Å². The molecule has 0 bridgehead atoms. The quantitative estimate of drug-likeness (QED) is 0.252. The number of rotatable bonds is 1. The lowest BCUT2D eigenvalue weighted by Gasteiger charge is -2.37. The third-order valence-corrected chi connectivity index (χ3v) is 5.43. The Labute approximate surface area is 117 Å². The minimum atomic E-state index is -0.966. The van der Waals surface area contributed by atoms with Crippen molar-refractivity contribution in [1.29, 1.82) is 0 Å². The Morgan fingerprint density at radius 3 is 2.75 bits per heavy atom. The first-order chi connectivity index (χ1) is 9.32. The fraction of sp³-hybridized carbons (Fsp3) is 0.667. The minimum absolute atomic E-state index is 0.147. The maximum atomic E-state index is 11.7. The minimum Gasteiger partial charge on any atom is -0.458 e. The van der Waals surface area contributed by atoms with E-state index in [0.29, 0.717) is 36.8 Å². The van der Waals surface area contributed by atoms with Gasteiger partial charge in [-0.3, -0.25) is 5.26 Å². The van der Waals surface area contributed by atoms with E-state index in [2.05, 4.69) is 13.2 Å². The maximum absolute atomic E-state index is 11.7. The van der Waals surface area contributed by atoms with Crippen molar-refractivity contribution in [2.75, 3.05) is 0 Å². The van der Waals surface area contributed by atoms with Crippen molar-refractivity contribution in [2.24, 2.45) is 11.8 Å². The first kappa shape index (κ1) is 13.8. The number of esters is 1. The maximum Gasteiger partial charge on any atom is 0.334 e. The van der Waals surface area contributed by atoms with E-state index in [1.54, 1.807) is 6.92 Å². The number of fused-ring (bicyclic) bond motifs is 2. The molecule has 1 aliphatic heterocycles. The van der Waals surface area contributed by atoms with E-state index in [9.17, 15) is 15.2 Å². The van der Waals surface area contributed by atoms with Crippen LogP contribution in [0.3, 0.4) is 0 Å². The van der Waals surface area contributed by atoms with Crippen LogP contribution in [0, 0.1) is 11.8 Å². The molecule has 5 nitrogen and oxygen atoms in total. The summed E-state index contributed by atoms with van der Waals surface area (Å²) in [6, 6.07) is 0. The molecule has 1 heterocycles. The number of carbonyl (C=O) groups is 1. The predicted octanol–water partition coefficient (Wildman–Crippen LogP) is 1.82. The lowest BCUT2D eigenvalue weighted by atomic mass is 9.76. The van der Waals surface area contributed by atoms with Gasteiger partial charge in [-0.2, -0.15) is 0 Å². The summed E-state index contributed by atoms with van der Waals surface area (Å²) < 4.78 is 5.33. The monoisotopic (exact) mass is 280 g/mol. The summed E-state index contributed by atoms with van der Waals surface area (Å²) in [4.78, 5) is 16.5. The number of hydrogen-bond donors (Lipinski definition) is 2. The van der Waals surface area contributed by atoms with Crippen LogP contribution in [0.1, 0.15) is 32.6 Å². The standard InChI is InChI=1S/C15H20O5/c1-8-6-11-10(9(2)13(16)19-11)7-12-14(3,17)4-5-15(8,12)20-18/h10-12,17-18H,1-2,4-7H2,3H3. The van der Waals surface area contributed by atoms with Crippen molar-refractivity contribution in [2.45, 2.75) is 49.9 Å². The van der Waals surface area contributed by atoms with Crippen LogP contribution in [-0.2, 0) is 14.4 Å². The molecule has 0 aromatic carbocycles. The molecule has 2 N–H and O–H groups in total. The van der Waals surface area contributed by atoms with Crippen LogP contribution in [0.25, 0.3) is 0 Å². The normalized spacial score (nSPS) is 47.8. The summed E-state index contributed by atoms with van der Waals surface area (Å²) in [5.74, 6) is -0.845. The molecule has 2 saturated carbocycles. The third-order valence-electron chi connectivity index (χ3n) is 5.43. The van der Waals surface area contributed by atoms with Crippen LogP contribution in [0.2, 0.25) is 0 Å². The highest BCUT2D eigenvalue weighted by molar-refractivity contribution is 5.90. The zero-order chi connectivity index (χ0) is 14.7. The van der Waals surface area contributed by atoms with E-state index in [1.165, 1.54) is 0 Å². The Hall–Kier alpha value is -1.17. The van der Waals surface area contributed by atoms with E-state index in [1.807, 2.05) is 0 Å². The molecule has 3 rings (SSSR count). The van der Waals surface area contributed by atoms with Gasteiger partial charge in [0, 0.05) is 23.8 Å². The van der Waals surface area contributed by atoms with Crippen molar-refractivity contribution in [3.63, 3.8) is 0 Å². The molecular formula is C15H20O5. The molecule has 2 aliphatic carbocycles. The van der Waals surface area contributed by atoms with Gasteiger partial charge in [0.1, 0.15) is 11.7 Å². The lowest BCUT2D eigenvalue weighted by Crippen LogP contribution is -2.45. The number of aliphatic hydroxyl groups is 1. The van der Waals surface area contributed by atoms with Crippen molar-refractivity contribution in [3.05, 3.63) is 24.3 Å². The van der Waals surface area contributed by atoms with E-state index in [4.69, 9.17) is 9.62 Å². The second-order valence-electron chi connectivity index (χ2n) is 6.51. The smallest absolute Gasteiger partial charge is 0.334 e. The van der Waals surface area contributed by atoms with Crippen molar-refractivity contribution in [1.82, 2.24) is 0 Å². The summed E-state index contributed by atoms with van der Waals surface area (Å²) in [6.45, 7) is 9.57. The number of ether oxygens (including phenoxy) is 1. The predicted molar refractivity (Wildman–Crippen MR) is 70.7 cm³/mol. The van der Waals surface area contributed by atoms with Gasteiger partial charge in [-0.05, 0) is 31.8 Å². The molecule has 5 atom stereocenters. The zero-order valence-corrected chi connectivity index (χ0v) is 11.6. The molecule has 1 saturated heterocycles. The highest BCUT2D eigenvalue weighted by atomic mass is 17.1. The highest BCUT2D eigenvalue weighted by Crippen LogP contribution is 2.56. The van der Waals surface area contributed by atoms with Gasteiger partial charge in [-0.25, -0.2) is 9.68 Å². The van der Waals surface area contributed by atoms with Crippen molar-refractivity contribution in [3.8, 4) is 0 Å². The Balaban J connectivity index is 2.03. The van der Waals surface area contributed by atoms with E-state index < -0.39 is 11.2 Å². The molecule has 110 valence electrons. The van der Waals surface area contributed by atoms with Crippen LogP contribution in [0.15, 0.2) is 24.3 Å². The summed E-state index contributed by atoms with van der Waals surface area (Å²) in [5, 5.41) is 20.1. The van der Waals surface area contributed by atoms with Gasteiger partial charge in [0.2, 0.25) is 0 Å². The van der Waals surface area contributed by atoms with Crippen LogP contribution in [0.4, 0.5) is 0 Å². The SMILES string of the molecule is C=C1C(=O)OC2CC(=C)C3(OO)CCC(C)(O)C3CC12. The molecule has 5 heteroatoms. The molecule has 0 amide bonds. The Bertz CT molecular complexity index is 494. The van der Waals surface area contributed by atoms with E-state index in [0.717, 1.165) is 0 Å². The molecule has 0 aromatic heterocycles. The largest absolute Gasteiger partial charge is 0.458 e. The summed E-state index contributed by atoms with van der Waals surface area (Å²) in [5.41, 5.74) is -0.787. The molecule has 0 aromatic rings. The topological polar surface area (TPSA) is 76.0 Å². The summed E-state index contributed by atoms with van der Waals surface area (Å²) in [6.07, 6.45) is 1.66. The third kappa shape index (κ3) is 1.63. The number of hydrogen-bond acceptors (Lipinski definition) is 5. The molecule has 3 fully saturated rings. The Morgan fingerprint density at radius 2 is 2.10 bits per heavy atom. The first-order valence-corrected chi connectivity index (χ1v) is 6.95.